The highest BCUT2D eigenvalue weighted by Gasteiger charge is 2.53. The number of rotatable bonds is 10. The van der Waals surface area contributed by atoms with Crippen molar-refractivity contribution in [3.8, 4) is 0 Å². The van der Waals surface area contributed by atoms with E-state index in [9.17, 15) is 27.6 Å². The first-order chi connectivity index (χ1) is 16.5. The molecule has 2 fully saturated rings. The molecule has 192 valence electrons. The summed E-state index contributed by atoms with van der Waals surface area (Å²) >= 11 is 0. The Labute approximate surface area is 199 Å². The molecular formula is C18H24N6O10S. The number of methoxy groups -OCH3 is 2. The van der Waals surface area contributed by atoms with E-state index in [-0.39, 0.29) is 26.3 Å². The third-order valence-electron chi connectivity index (χ3n) is 5.99. The number of amides is 6. The number of fused-ring (bicyclic) bond motifs is 4. The molecule has 4 aliphatic rings. The zero-order valence-electron chi connectivity index (χ0n) is 18.7. The zero-order valence-corrected chi connectivity index (χ0v) is 19.5. The van der Waals surface area contributed by atoms with Crippen LogP contribution in [0.5, 0.6) is 0 Å². The maximum atomic E-state index is 12.8. The summed E-state index contributed by atoms with van der Waals surface area (Å²) in [6.07, 6.45) is 2.81. The number of nitrogens with zero attached hydrogens (tertiary/aromatic N) is 4. The Morgan fingerprint density at radius 2 is 1.23 bits per heavy atom. The lowest BCUT2D eigenvalue weighted by Gasteiger charge is -2.28. The maximum absolute atomic E-state index is 12.8. The van der Waals surface area contributed by atoms with Crippen molar-refractivity contribution in [2.45, 2.75) is 24.2 Å². The largest absolute Gasteiger partial charge is 0.442 e. The molecule has 0 saturated carbocycles. The van der Waals surface area contributed by atoms with E-state index < -0.39 is 58.4 Å². The molecule has 4 aliphatic heterocycles. The van der Waals surface area contributed by atoms with Crippen LogP contribution >= 0.6 is 0 Å². The summed E-state index contributed by atoms with van der Waals surface area (Å²) in [5, 5.41) is 1.04. The van der Waals surface area contributed by atoms with Gasteiger partial charge in [0.25, 0.3) is 0 Å². The lowest BCUT2D eigenvalue weighted by Crippen LogP contribution is -2.47. The van der Waals surface area contributed by atoms with E-state index in [1.54, 1.807) is 0 Å². The topological polar surface area (TPSA) is 204 Å². The Morgan fingerprint density at radius 1 is 0.857 bits per heavy atom. The summed E-state index contributed by atoms with van der Waals surface area (Å²) in [5.41, 5.74) is 11.5. The van der Waals surface area contributed by atoms with Crippen molar-refractivity contribution in [3.63, 3.8) is 0 Å². The van der Waals surface area contributed by atoms with E-state index in [2.05, 4.69) is 0 Å². The first-order valence-corrected chi connectivity index (χ1v) is 11.6. The molecule has 17 heteroatoms. The number of carbonyl (C=O) groups is 4. The lowest BCUT2D eigenvalue weighted by atomic mass is 10.0. The monoisotopic (exact) mass is 516 g/mol. The van der Waals surface area contributed by atoms with E-state index in [0.29, 0.717) is 21.3 Å². The molecule has 0 aromatic rings. The number of primary amides is 2. The van der Waals surface area contributed by atoms with Gasteiger partial charge in [-0.3, -0.25) is 9.59 Å². The highest BCUT2D eigenvalue weighted by atomic mass is 32.3. The molecule has 0 aromatic heterocycles. The zero-order chi connectivity index (χ0) is 25.7. The molecule has 4 unspecified atom stereocenters. The van der Waals surface area contributed by atoms with Crippen LogP contribution in [-0.2, 0) is 38.0 Å². The number of hydrogen-bond acceptors (Lipinski definition) is 10. The van der Waals surface area contributed by atoms with E-state index in [4.69, 9.17) is 29.5 Å². The van der Waals surface area contributed by atoms with Gasteiger partial charge in [-0.2, -0.15) is 18.5 Å². The van der Waals surface area contributed by atoms with Gasteiger partial charge in [0, 0.05) is 14.2 Å². The van der Waals surface area contributed by atoms with Crippen LogP contribution in [0.25, 0.3) is 0 Å². The number of carbonyl (C=O) groups excluding carboxylic acids is 4. The molecule has 16 nitrogen and oxygen atoms in total. The van der Waals surface area contributed by atoms with Gasteiger partial charge in [-0.25, -0.2) is 9.59 Å². The minimum Gasteiger partial charge on any atom is -0.380 e. The summed E-state index contributed by atoms with van der Waals surface area (Å²) in [6, 6.07) is -5.98. The molecule has 2 saturated heterocycles. The van der Waals surface area contributed by atoms with Crippen molar-refractivity contribution >= 4 is 34.3 Å². The molecule has 6 amide bonds. The molecule has 0 radical (unpaired) electrons. The summed E-state index contributed by atoms with van der Waals surface area (Å²) in [7, 11) is -2.30. The summed E-state index contributed by atoms with van der Waals surface area (Å²) in [5.74, 6) is -1.64. The fourth-order valence-corrected chi connectivity index (χ4v) is 5.23. The molecule has 4 atom stereocenters. The van der Waals surface area contributed by atoms with Crippen molar-refractivity contribution in [1.82, 2.24) is 19.9 Å². The molecule has 0 aliphatic carbocycles. The Kier molecular flexibility index (Phi) is 6.45. The van der Waals surface area contributed by atoms with E-state index >= 15 is 0 Å². The highest BCUT2D eigenvalue weighted by Crippen LogP contribution is 2.34. The molecule has 4 bridgehead atoms. The molecule has 0 aromatic carbocycles. The Bertz CT molecular complexity index is 1040. The van der Waals surface area contributed by atoms with Crippen LogP contribution in [-0.4, -0.2) is 117 Å². The molecule has 35 heavy (non-hydrogen) atoms. The minimum absolute atomic E-state index is 0.0301. The van der Waals surface area contributed by atoms with Crippen molar-refractivity contribution in [1.29, 1.82) is 0 Å². The van der Waals surface area contributed by atoms with Gasteiger partial charge in [0.05, 0.1) is 26.3 Å². The van der Waals surface area contributed by atoms with Gasteiger partial charge >= 0.3 is 22.5 Å². The number of urea groups is 2. The number of ether oxygens (including phenoxy) is 2. The second-order valence-corrected chi connectivity index (χ2v) is 9.27. The molecule has 4 rings (SSSR count). The Balaban J connectivity index is 1.56. The smallest absolute Gasteiger partial charge is 0.380 e. The second-order valence-electron chi connectivity index (χ2n) is 8.15. The fraction of sp³-hybridized carbons (Fsp3) is 0.556. The van der Waals surface area contributed by atoms with Gasteiger partial charge in [-0.05, 0) is 23.3 Å². The molecule has 4 heterocycles. The minimum atomic E-state index is -5.06. The third kappa shape index (κ3) is 4.31. The summed E-state index contributed by atoms with van der Waals surface area (Å²) in [4.78, 5) is 51.3. The average Bonchev–Trinajstić information content (AvgIpc) is 3.19. The van der Waals surface area contributed by atoms with Crippen LogP contribution < -0.4 is 11.5 Å². The SMILES string of the molecule is COCC1=CC(C(N)=O)N2CC1N(OS(=O)(=O)ON1C(=O)N3CC1C(COC)=CC3C(N)=O)C2=O. The van der Waals surface area contributed by atoms with E-state index in [1.165, 1.54) is 26.4 Å². The van der Waals surface area contributed by atoms with Gasteiger partial charge in [0.1, 0.15) is 24.2 Å². The Morgan fingerprint density at radius 3 is 1.54 bits per heavy atom. The van der Waals surface area contributed by atoms with Gasteiger partial charge in [-0.15, -0.1) is 8.57 Å². The van der Waals surface area contributed by atoms with Crippen LogP contribution in [0.1, 0.15) is 0 Å². The lowest BCUT2D eigenvalue weighted by molar-refractivity contribution is -0.121. The van der Waals surface area contributed by atoms with Crippen molar-refractivity contribution < 1.29 is 45.6 Å². The standard InChI is InChI=1S/C18H24N6O10S/c1-31-7-9-3-11(15(19)25)21-5-13(9)23(17(21)27)33-35(29,30)34-24-14-6-22(18(24)28)12(16(20)26)4-10(14)8-32-2/h3-4,11-14H,5-8H2,1-2H3,(H2,19,25)(H2,20,26). The maximum Gasteiger partial charge on any atom is 0.442 e. The number of nitrogens with two attached hydrogens (primary N) is 2. The predicted octanol–water partition coefficient (Wildman–Crippen LogP) is -2.81. The van der Waals surface area contributed by atoms with E-state index in [1.807, 2.05) is 0 Å². The highest BCUT2D eigenvalue weighted by molar-refractivity contribution is 7.81. The van der Waals surface area contributed by atoms with Crippen LogP contribution in [0.15, 0.2) is 23.3 Å². The van der Waals surface area contributed by atoms with Gasteiger partial charge in [0.15, 0.2) is 0 Å². The second kappa shape index (κ2) is 9.08. The molecule has 0 spiro atoms. The fourth-order valence-electron chi connectivity index (χ4n) is 4.48. The van der Waals surface area contributed by atoms with Gasteiger partial charge in [0.2, 0.25) is 11.8 Å². The van der Waals surface area contributed by atoms with Gasteiger partial charge < -0.3 is 30.7 Å². The predicted molar refractivity (Wildman–Crippen MR) is 112 cm³/mol. The quantitative estimate of drug-likeness (QED) is 0.285. The van der Waals surface area contributed by atoms with Crippen LogP contribution in [0.4, 0.5) is 9.59 Å². The van der Waals surface area contributed by atoms with Crippen molar-refractivity contribution in [3.05, 3.63) is 23.3 Å². The number of hydrogen-bond donors (Lipinski definition) is 2. The number of hydroxylamine groups is 4. The van der Waals surface area contributed by atoms with Crippen LogP contribution in [0.3, 0.4) is 0 Å². The summed E-state index contributed by atoms with van der Waals surface area (Å²) < 4.78 is 45.7. The van der Waals surface area contributed by atoms with Crippen molar-refractivity contribution in [2.75, 3.05) is 40.5 Å². The Hall–Kier alpha value is -3.25. The van der Waals surface area contributed by atoms with Crippen LogP contribution in [0, 0.1) is 0 Å². The molecule has 4 N–H and O–H groups in total. The first kappa shape index (κ1) is 24.9. The van der Waals surface area contributed by atoms with Gasteiger partial charge in [-0.1, -0.05) is 0 Å². The third-order valence-corrected chi connectivity index (χ3v) is 6.68. The van der Waals surface area contributed by atoms with Crippen LogP contribution in [0.2, 0.25) is 0 Å². The van der Waals surface area contributed by atoms with Crippen molar-refractivity contribution in [2.24, 2.45) is 11.5 Å². The van der Waals surface area contributed by atoms with E-state index in [0.717, 1.165) is 9.80 Å². The molecular weight excluding hydrogens is 492 g/mol. The normalized spacial score (nSPS) is 27.9. The first-order valence-electron chi connectivity index (χ1n) is 10.3. The average molecular weight is 516 g/mol. The summed E-state index contributed by atoms with van der Waals surface area (Å²) in [6.45, 7) is -0.232.